The minimum absolute atomic E-state index is 0.230. The third kappa shape index (κ3) is 18.9. The second kappa shape index (κ2) is 18.9. The third-order valence-corrected chi connectivity index (χ3v) is 3.28. The summed E-state index contributed by atoms with van der Waals surface area (Å²) < 4.78 is 0. The maximum atomic E-state index is 8.60. The lowest BCUT2D eigenvalue weighted by atomic mass is 10.1. The van der Waals surface area contributed by atoms with Crippen LogP contribution in [0.3, 0.4) is 0 Å². The predicted octanol–water partition coefficient (Wildman–Crippen LogP) is 6.12. The van der Waals surface area contributed by atoms with Crippen molar-refractivity contribution in [3.05, 3.63) is 48.6 Å². The molecular weight excluding hydrogens is 256 g/mol. The van der Waals surface area contributed by atoms with Gasteiger partial charge in [-0.15, -0.1) is 0 Å². The standard InChI is InChI=1S/C20H34O/c1-2-3-4-5-6-7-8-9-10-11-12-13-14-15-16-17-18-19-20-21/h6-7,13-18,21H,2-5,8-12,19-20H2,1H3/b7-6+,14-13+,16-15+,18-17+. The van der Waals surface area contributed by atoms with E-state index >= 15 is 0 Å². The van der Waals surface area contributed by atoms with E-state index < -0.39 is 0 Å². The van der Waals surface area contributed by atoms with Crippen LogP contribution < -0.4 is 0 Å². The van der Waals surface area contributed by atoms with Crippen LogP contribution in [-0.4, -0.2) is 11.7 Å². The molecule has 0 aliphatic heterocycles. The molecule has 0 spiro atoms. The van der Waals surface area contributed by atoms with Crippen molar-refractivity contribution in [1.82, 2.24) is 0 Å². The number of aliphatic hydroxyl groups is 1. The largest absolute Gasteiger partial charge is 0.396 e. The van der Waals surface area contributed by atoms with Crippen LogP contribution in [0, 0.1) is 0 Å². The smallest absolute Gasteiger partial charge is 0.0465 e. The molecule has 1 N–H and O–H groups in total. The van der Waals surface area contributed by atoms with Gasteiger partial charge in [-0.05, 0) is 44.9 Å². The molecule has 0 unspecified atom stereocenters. The SMILES string of the molecule is CCCCC/C=C/CCCCC/C=C/C=C/C=C/CCO. The van der Waals surface area contributed by atoms with Gasteiger partial charge < -0.3 is 5.11 Å². The Morgan fingerprint density at radius 2 is 1.10 bits per heavy atom. The summed E-state index contributed by atoms with van der Waals surface area (Å²) in [5, 5.41) is 8.60. The summed E-state index contributed by atoms with van der Waals surface area (Å²) in [5.41, 5.74) is 0. The average Bonchev–Trinajstić information content (AvgIpc) is 2.50. The van der Waals surface area contributed by atoms with Crippen LogP contribution >= 0.6 is 0 Å². The van der Waals surface area contributed by atoms with E-state index in [0.29, 0.717) is 0 Å². The maximum Gasteiger partial charge on any atom is 0.0465 e. The topological polar surface area (TPSA) is 20.2 Å². The molecule has 0 atom stereocenters. The van der Waals surface area contributed by atoms with Crippen molar-refractivity contribution in [2.75, 3.05) is 6.61 Å². The Kier molecular flexibility index (Phi) is 17.9. The third-order valence-electron chi connectivity index (χ3n) is 3.28. The monoisotopic (exact) mass is 290 g/mol. The zero-order valence-electron chi connectivity index (χ0n) is 13.8. The molecule has 1 heteroatoms. The average molecular weight is 290 g/mol. The molecule has 0 saturated heterocycles. The first-order valence-corrected chi connectivity index (χ1v) is 8.66. The molecule has 1 nitrogen and oxygen atoms in total. The Hall–Kier alpha value is -1.08. The van der Waals surface area contributed by atoms with E-state index in [0.717, 1.165) is 6.42 Å². The second-order valence-corrected chi connectivity index (χ2v) is 5.36. The normalized spacial score (nSPS) is 12.7. The molecule has 0 bridgehead atoms. The fourth-order valence-electron chi connectivity index (χ4n) is 2.00. The first-order chi connectivity index (χ1) is 10.4. The van der Waals surface area contributed by atoms with Gasteiger partial charge in [-0.3, -0.25) is 0 Å². The molecule has 0 amide bonds. The van der Waals surface area contributed by atoms with Gasteiger partial charge in [-0.25, -0.2) is 0 Å². The van der Waals surface area contributed by atoms with E-state index in [-0.39, 0.29) is 6.61 Å². The molecule has 0 fully saturated rings. The van der Waals surface area contributed by atoms with Gasteiger partial charge in [0.05, 0.1) is 0 Å². The molecule has 0 radical (unpaired) electrons. The van der Waals surface area contributed by atoms with E-state index in [9.17, 15) is 0 Å². The molecule has 0 aromatic carbocycles. The van der Waals surface area contributed by atoms with Crippen LogP contribution in [0.25, 0.3) is 0 Å². The van der Waals surface area contributed by atoms with Crippen LogP contribution in [0.15, 0.2) is 48.6 Å². The van der Waals surface area contributed by atoms with Gasteiger partial charge in [0.2, 0.25) is 0 Å². The van der Waals surface area contributed by atoms with Gasteiger partial charge in [0.15, 0.2) is 0 Å². The zero-order valence-corrected chi connectivity index (χ0v) is 13.8. The predicted molar refractivity (Wildman–Crippen MR) is 95.5 cm³/mol. The summed E-state index contributed by atoms with van der Waals surface area (Å²) in [6.07, 6.45) is 29.4. The number of hydrogen-bond donors (Lipinski definition) is 1. The summed E-state index contributed by atoms with van der Waals surface area (Å²) in [7, 11) is 0. The summed E-state index contributed by atoms with van der Waals surface area (Å²) >= 11 is 0. The summed E-state index contributed by atoms with van der Waals surface area (Å²) in [6.45, 7) is 2.48. The van der Waals surface area contributed by atoms with E-state index in [4.69, 9.17) is 5.11 Å². The van der Waals surface area contributed by atoms with Crippen LogP contribution in [0.4, 0.5) is 0 Å². The van der Waals surface area contributed by atoms with Crippen molar-refractivity contribution in [1.29, 1.82) is 0 Å². The number of allylic oxidation sites excluding steroid dienone is 7. The summed E-state index contributed by atoms with van der Waals surface area (Å²) in [4.78, 5) is 0. The quantitative estimate of drug-likeness (QED) is 0.232. The van der Waals surface area contributed by atoms with Crippen LogP contribution in [-0.2, 0) is 0 Å². The van der Waals surface area contributed by atoms with Crippen molar-refractivity contribution in [3.8, 4) is 0 Å². The lowest BCUT2D eigenvalue weighted by Gasteiger charge is -1.95. The fourth-order valence-corrected chi connectivity index (χ4v) is 2.00. The zero-order chi connectivity index (χ0) is 15.4. The number of rotatable bonds is 14. The van der Waals surface area contributed by atoms with Crippen molar-refractivity contribution in [2.24, 2.45) is 0 Å². The minimum Gasteiger partial charge on any atom is -0.396 e. The Morgan fingerprint density at radius 3 is 1.67 bits per heavy atom. The highest BCUT2D eigenvalue weighted by atomic mass is 16.2. The Morgan fingerprint density at radius 1 is 0.571 bits per heavy atom. The Labute approximate surface area is 132 Å². The molecule has 0 rings (SSSR count). The van der Waals surface area contributed by atoms with Crippen molar-refractivity contribution < 1.29 is 5.11 Å². The van der Waals surface area contributed by atoms with Gasteiger partial charge >= 0.3 is 0 Å². The van der Waals surface area contributed by atoms with Gasteiger partial charge in [0, 0.05) is 6.61 Å². The number of aliphatic hydroxyl groups excluding tert-OH is 1. The number of unbranched alkanes of at least 4 members (excludes halogenated alkanes) is 7. The van der Waals surface area contributed by atoms with E-state index in [2.05, 4.69) is 31.2 Å². The van der Waals surface area contributed by atoms with Crippen molar-refractivity contribution >= 4 is 0 Å². The van der Waals surface area contributed by atoms with Gasteiger partial charge in [-0.1, -0.05) is 74.8 Å². The minimum atomic E-state index is 0.230. The summed E-state index contributed by atoms with van der Waals surface area (Å²) in [5.74, 6) is 0. The maximum absolute atomic E-state index is 8.60. The Bertz CT molecular complexity index is 297. The van der Waals surface area contributed by atoms with E-state index in [1.165, 1.54) is 57.8 Å². The molecule has 21 heavy (non-hydrogen) atoms. The van der Waals surface area contributed by atoms with Gasteiger partial charge in [0.1, 0.15) is 0 Å². The molecule has 0 heterocycles. The van der Waals surface area contributed by atoms with E-state index in [1.807, 2.05) is 24.3 Å². The second-order valence-electron chi connectivity index (χ2n) is 5.36. The molecular formula is C20H34O. The fraction of sp³-hybridized carbons (Fsp3) is 0.600. The first kappa shape index (κ1) is 19.9. The van der Waals surface area contributed by atoms with Crippen molar-refractivity contribution in [2.45, 2.75) is 71.1 Å². The molecule has 0 aromatic rings. The van der Waals surface area contributed by atoms with Crippen LogP contribution in [0.5, 0.6) is 0 Å². The molecule has 0 aromatic heterocycles. The van der Waals surface area contributed by atoms with E-state index in [1.54, 1.807) is 0 Å². The van der Waals surface area contributed by atoms with Gasteiger partial charge in [-0.2, -0.15) is 0 Å². The first-order valence-electron chi connectivity index (χ1n) is 8.66. The highest BCUT2D eigenvalue weighted by Crippen LogP contribution is 2.06. The molecule has 0 aliphatic rings. The van der Waals surface area contributed by atoms with Crippen LogP contribution in [0.1, 0.15) is 71.1 Å². The molecule has 0 saturated carbocycles. The highest BCUT2D eigenvalue weighted by Gasteiger charge is 1.86. The lowest BCUT2D eigenvalue weighted by molar-refractivity contribution is 0.302. The highest BCUT2D eigenvalue weighted by molar-refractivity contribution is 5.10. The number of hydrogen-bond acceptors (Lipinski definition) is 1. The molecule has 0 aliphatic carbocycles. The van der Waals surface area contributed by atoms with Gasteiger partial charge in [0.25, 0.3) is 0 Å². The van der Waals surface area contributed by atoms with Crippen LogP contribution in [0.2, 0.25) is 0 Å². The lowest BCUT2D eigenvalue weighted by Crippen LogP contribution is -1.75. The summed E-state index contributed by atoms with van der Waals surface area (Å²) in [6, 6.07) is 0. The molecule has 120 valence electrons. The Balaban J connectivity index is 3.28. The van der Waals surface area contributed by atoms with Crippen molar-refractivity contribution in [3.63, 3.8) is 0 Å².